The van der Waals surface area contributed by atoms with Crippen molar-refractivity contribution in [2.45, 2.75) is 51.6 Å². The molecule has 5 heteroatoms. The van der Waals surface area contributed by atoms with Crippen molar-refractivity contribution in [3.05, 3.63) is 48.1 Å². The highest BCUT2D eigenvalue weighted by Gasteiger charge is 2.15. The molecule has 0 radical (unpaired) electrons. The van der Waals surface area contributed by atoms with E-state index in [2.05, 4.69) is 9.97 Å². The number of benzene rings is 1. The molecule has 2 heterocycles. The van der Waals surface area contributed by atoms with E-state index in [1.807, 2.05) is 18.2 Å². The summed E-state index contributed by atoms with van der Waals surface area (Å²) in [6.45, 7) is -0.108. The van der Waals surface area contributed by atoms with Crippen LogP contribution in [-0.2, 0) is 13.0 Å². The highest BCUT2D eigenvalue weighted by Crippen LogP contribution is 2.29. The Morgan fingerprint density at radius 3 is 2.77 bits per heavy atom. The topological polar surface area (TPSA) is 68.4 Å². The minimum Gasteiger partial charge on any atom is -0.457 e. The van der Waals surface area contributed by atoms with Gasteiger partial charge in [0.25, 0.3) is 0 Å². The Balaban J connectivity index is 1.44. The van der Waals surface area contributed by atoms with Gasteiger partial charge < -0.3 is 14.3 Å². The Kier molecular flexibility index (Phi) is 5.16. The van der Waals surface area contributed by atoms with Crippen LogP contribution in [0.5, 0.6) is 11.5 Å². The van der Waals surface area contributed by atoms with Crippen LogP contribution in [0.3, 0.4) is 0 Å². The number of aryl methyl sites for hydroxylation is 1. The second-order valence-electron chi connectivity index (χ2n) is 7.02. The molecule has 3 aromatic rings. The number of rotatable bonds is 6. The van der Waals surface area contributed by atoms with Crippen LogP contribution in [0.4, 0.5) is 0 Å². The second-order valence-corrected chi connectivity index (χ2v) is 7.02. The van der Waals surface area contributed by atoms with Crippen molar-refractivity contribution in [2.24, 2.45) is 5.92 Å². The molecular formula is C21H24N2O3. The molecule has 0 atom stereocenters. The minimum absolute atomic E-state index is 0.108. The van der Waals surface area contributed by atoms with Crippen molar-refractivity contribution in [2.75, 3.05) is 0 Å². The van der Waals surface area contributed by atoms with E-state index in [1.165, 1.54) is 32.1 Å². The van der Waals surface area contributed by atoms with Crippen LogP contribution in [0, 0.1) is 5.92 Å². The first-order chi connectivity index (χ1) is 12.8. The first-order valence-electron chi connectivity index (χ1n) is 9.43. The standard InChI is InChI=1S/C21H24N2O3/c24-14-16-12-18(10-11-22-16)25-17-7-8-19-20(13-17)26-21(23-19)9-6-15-4-2-1-3-5-15/h7-8,10-13,15,24H,1-6,9,14H2. The monoisotopic (exact) mass is 352 g/mol. The van der Waals surface area contributed by atoms with E-state index in [-0.39, 0.29) is 6.61 Å². The Bertz CT molecular complexity index is 869. The van der Waals surface area contributed by atoms with Crippen LogP contribution < -0.4 is 4.74 Å². The molecule has 4 rings (SSSR count). The number of hydrogen-bond acceptors (Lipinski definition) is 5. The van der Waals surface area contributed by atoms with Gasteiger partial charge >= 0.3 is 0 Å². The molecule has 0 saturated heterocycles. The normalized spacial score (nSPS) is 15.4. The molecule has 0 bridgehead atoms. The van der Waals surface area contributed by atoms with Crippen molar-refractivity contribution >= 4 is 11.1 Å². The van der Waals surface area contributed by atoms with E-state index in [0.717, 1.165) is 35.7 Å². The van der Waals surface area contributed by atoms with Crippen molar-refractivity contribution in [3.8, 4) is 11.5 Å². The van der Waals surface area contributed by atoms with Crippen LogP contribution in [0.1, 0.15) is 50.1 Å². The molecule has 0 amide bonds. The predicted molar refractivity (Wildman–Crippen MR) is 99.1 cm³/mol. The number of pyridine rings is 1. The molecule has 0 unspecified atom stereocenters. The van der Waals surface area contributed by atoms with E-state index in [1.54, 1.807) is 18.3 Å². The van der Waals surface area contributed by atoms with Gasteiger partial charge in [0.05, 0.1) is 12.3 Å². The number of aromatic nitrogens is 2. The fraction of sp³-hybridized carbons (Fsp3) is 0.429. The molecule has 0 aliphatic heterocycles. The lowest BCUT2D eigenvalue weighted by Gasteiger charge is -2.20. The molecule has 1 N–H and O–H groups in total. The highest BCUT2D eigenvalue weighted by molar-refractivity contribution is 5.74. The summed E-state index contributed by atoms with van der Waals surface area (Å²) in [6, 6.07) is 9.16. The zero-order valence-corrected chi connectivity index (χ0v) is 14.9. The molecule has 1 aliphatic carbocycles. The van der Waals surface area contributed by atoms with Crippen LogP contribution in [-0.4, -0.2) is 15.1 Å². The first kappa shape index (κ1) is 17.0. The summed E-state index contributed by atoms with van der Waals surface area (Å²) in [6.07, 6.45) is 10.5. The van der Waals surface area contributed by atoms with Crippen molar-refractivity contribution in [3.63, 3.8) is 0 Å². The van der Waals surface area contributed by atoms with Gasteiger partial charge in [-0.2, -0.15) is 0 Å². The van der Waals surface area contributed by atoms with Crippen LogP contribution >= 0.6 is 0 Å². The van der Waals surface area contributed by atoms with E-state index in [4.69, 9.17) is 9.15 Å². The van der Waals surface area contributed by atoms with Gasteiger partial charge in [0.15, 0.2) is 11.5 Å². The summed E-state index contributed by atoms with van der Waals surface area (Å²) >= 11 is 0. The summed E-state index contributed by atoms with van der Waals surface area (Å²) in [5.41, 5.74) is 2.19. The second kappa shape index (κ2) is 7.87. The highest BCUT2D eigenvalue weighted by atomic mass is 16.5. The van der Waals surface area contributed by atoms with Gasteiger partial charge in [-0.15, -0.1) is 0 Å². The van der Waals surface area contributed by atoms with Gasteiger partial charge in [-0.25, -0.2) is 4.98 Å². The number of hydrogen-bond donors (Lipinski definition) is 1. The van der Waals surface area contributed by atoms with Gasteiger partial charge in [0, 0.05) is 24.8 Å². The molecule has 1 fully saturated rings. The lowest BCUT2D eigenvalue weighted by molar-refractivity contribution is 0.276. The SMILES string of the molecule is OCc1cc(Oc2ccc3nc(CCC4CCCCC4)oc3c2)ccn1. The van der Waals surface area contributed by atoms with E-state index in [0.29, 0.717) is 17.2 Å². The zero-order valence-electron chi connectivity index (χ0n) is 14.9. The maximum atomic E-state index is 9.18. The predicted octanol–water partition coefficient (Wildman–Crippen LogP) is 5.02. The number of ether oxygens (including phenoxy) is 1. The van der Waals surface area contributed by atoms with E-state index in [9.17, 15) is 5.11 Å². The summed E-state index contributed by atoms with van der Waals surface area (Å²) in [5.74, 6) is 2.96. The maximum absolute atomic E-state index is 9.18. The first-order valence-corrected chi connectivity index (χ1v) is 9.43. The number of nitrogens with zero attached hydrogens (tertiary/aromatic N) is 2. The third-order valence-electron chi connectivity index (χ3n) is 5.08. The fourth-order valence-corrected chi connectivity index (χ4v) is 3.67. The average Bonchev–Trinajstić information content (AvgIpc) is 3.09. The summed E-state index contributed by atoms with van der Waals surface area (Å²) in [7, 11) is 0. The summed E-state index contributed by atoms with van der Waals surface area (Å²) < 4.78 is 11.8. The molecule has 1 aliphatic rings. The Morgan fingerprint density at radius 2 is 1.92 bits per heavy atom. The van der Waals surface area contributed by atoms with Gasteiger partial charge in [-0.3, -0.25) is 4.98 Å². The smallest absolute Gasteiger partial charge is 0.195 e. The third-order valence-corrected chi connectivity index (χ3v) is 5.08. The summed E-state index contributed by atoms with van der Waals surface area (Å²) in [5, 5.41) is 9.18. The van der Waals surface area contributed by atoms with Gasteiger partial charge in [0.1, 0.15) is 17.0 Å². The lowest BCUT2D eigenvalue weighted by Crippen LogP contribution is -2.07. The quantitative estimate of drug-likeness (QED) is 0.674. The largest absolute Gasteiger partial charge is 0.457 e. The molecular weight excluding hydrogens is 328 g/mol. The van der Waals surface area contributed by atoms with Gasteiger partial charge in [0.2, 0.25) is 0 Å². The van der Waals surface area contributed by atoms with Crippen molar-refractivity contribution < 1.29 is 14.3 Å². The molecule has 5 nitrogen and oxygen atoms in total. The average molecular weight is 352 g/mol. The number of fused-ring (bicyclic) bond motifs is 1. The lowest BCUT2D eigenvalue weighted by atomic mass is 9.86. The van der Waals surface area contributed by atoms with Crippen LogP contribution in [0.2, 0.25) is 0 Å². The Labute approximate surface area is 153 Å². The van der Waals surface area contributed by atoms with Crippen molar-refractivity contribution in [1.82, 2.24) is 9.97 Å². The third kappa shape index (κ3) is 4.05. The van der Waals surface area contributed by atoms with Crippen molar-refractivity contribution in [1.29, 1.82) is 0 Å². The van der Waals surface area contributed by atoms with Gasteiger partial charge in [-0.1, -0.05) is 32.1 Å². The molecule has 1 saturated carbocycles. The Hall–Kier alpha value is -2.40. The number of aliphatic hydroxyl groups excluding tert-OH is 1. The van der Waals surface area contributed by atoms with Gasteiger partial charge in [-0.05, 0) is 30.5 Å². The van der Waals surface area contributed by atoms with Crippen LogP contribution in [0.25, 0.3) is 11.1 Å². The molecule has 136 valence electrons. The van der Waals surface area contributed by atoms with E-state index < -0.39 is 0 Å². The molecule has 26 heavy (non-hydrogen) atoms. The maximum Gasteiger partial charge on any atom is 0.195 e. The zero-order chi connectivity index (χ0) is 17.8. The van der Waals surface area contributed by atoms with Crippen LogP contribution in [0.15, 0.2) is 40.9 Å². The Morgan fingerprint density at radius 1 is 1.08 bits per heavy atom. The minimum atomic E-state index is -0.108. The number of oxazole rings is 1. The number of aliphatic hydroxyl groups is 1. The summed E-state index contributed by atoms with van der Waals surface area (Å²) in [4.78, 5) is 8.66. The molecule has 2 aromatic heterocycles. The fourth-order valence-electron chi connectivity index (χ4n) is 3.67. The van der Waals surface area contributed by atoms with E-state index >= 15 is 0 Å². The molecule has 1 aromatic carbocycles. The molecule has 0 spiro atoms.